The molecule has 1 aliphatic carbocycles. The summed E-state index contributed by atoms with van der Waals surface area (Å²) in [6.07, 6.45) is 6.51. The van der Waals surface area contributed by atoms with Crippen LogP contribution in [0, 0.1) is 0 Å². The molecule has 0 saturated heterocycles. The van der Waals surface area contributed by atoms with Crippen molar-refractivity contribution in [1.82, 2.24) is 15.5 Å². The third-order valence-corrected chi connectivity index (χ3v) is 5.27. The van der Waals surface area contributed by atoms with Crippen molar-refractivity contribution in [2.24, 2.45) is 0 Å². The van der Waals surface area contributed by atoms with Crippen LogP contribution in [0.3, 0.4) is 0 Å². The standard InChI is InChI=1S/C20H25N3O3/c1-25-18-8-4-5-13-11-14(12-26-20(13)18)21-19(24)10-9-17-15-6-2-3-7-16(15)22-23-17/h4-5,8,14H,2-3,6-7,9-12H2,1H3,(H,21,24)(H,22,23)/t14-/m0/s1. The zero-order valence-corrected chi connectivity index (χ0v) is 15.1. The molecule has 0 unspecified atom stereocenters. The molecule has 0 saturated carbocycles. The second-order valence-electron chi connectivity index (χ2n) is 7.06. The molecule has 2 aliphatic rings. The van der Waals surface area contributed by atoms with E-state index in [1.165, 1.54) is 24.1 Å². The number of amides is 1. The van der Waals surface area contributed by atoms with Crippen LogP contribution >= 0.6 is 0 Å². The van der Waals surface area contributed by atoms with Gasteiger partial charge in [-0.1, -0.05) is 12.1 Å². The Morgan fingerprint density at radius 2 is 2.27 bits per heavy atom. The molecule has 138 valence electrons. The van der Waals surface area contributed by atoms with Crippen molar-refractivity contribution in [3.05, 3.63) is 40.7 Å². The van der Waals surface area contributed by atoms with E-state index in [0.29, 0.717) is 19.4 Å². The van der Waals surface area contributed by atoms with Crippen LogP contribution in [-0.2, 0) is 30.5 Å². The highest BCUT2D eigenvalue weighted by Gasteiger charge is 2.24. The minimum atomic E-state index is -0.00444. The number of para-hydroxylation sites is 1. The Balaban J connectivity index is 1.32. The van der Waals surface area contributed by atoms with E-state index >= 15 is 0 Å². The van der Waals surface area contributed by atoms with Gasteiger partial charge in [-0.05, 0) is 43.7 Å². The summed E-state index contributed by atoms with van der Waals surface area (Å²) in [4.78, 5) is 12.4. The van der Waals surface area contributed by atoms with Crippen LogP contribution < -0.4 is 14.8 Å². The van der Waals surface area contributed by atoms with Crippen molar-refractivity contribution in [3.63, 3.8) is 0 Å². The van der Waals surface area contributed by atoms with Gasteiger partial charge in [0.1, 0.15) is 6.61 Å². The molecule has 1 aromatic carbocycles. The summed E-state index contributed by atoms with van der Waals surface area (Å²) in [5.41, 5.74) is 4.73. The van der Waals surface area contributed by atoms with Crippen molar-refractivity contribution in [2.45, 2.75) is 51.0 Å². The smallest absolute Gasteiger partial charge is 0.220 e. The molecule has 2 N–H and O–H groups in total. The lowest BCUT2D eigenvalue weighted by atomic mass is 9.94. The molecule has 0 fully saturated rings. The number of hydrogen-bond donors (Lipinski definition) is 2. The maximum absolute atomic E-state index is 12.4. The van der Waals surface area contributed by atoms with E-state index in [2.05, 4.69) is 15.5 Å². The summed E-state index contributed by atoms with van der Waals surface area (Å²) in [6.45, 7) is 0.469. The van der Waals surface area contributed by atoms with Gasteiger partial charge in [-0.2, -0.15) is 5.10 Å². The number of fused-ring (bicyclic) bond motifs is 2. The molecule has 2 heterocycles. The molecule has 1 atom stereocenters. The monoisotopic (exact) mass is 355 g/mol. The van der Waals surface area contributed by atoms with E-state index in [1.807, 2.05) is 18.2 Å². The molecule has 4 rings (SSSR count). The fourth-order valence-electron chi connectivity index (χ4n) is 3.94. The number of nitrogens with zero attached hydrogens (tertiary/aromatic N) is 1. The van der Waals surface area contributed by atoms with Gasteiger partial charge in [-0.25, -0.2) is 0 Å². The van der Waals surface area contributed by atoms with E-state index in [0.717, 1.165) is 42.0 Å². The van der Waals surface area contributed by atoms with Gasteiger partial charge in [0.05, 0.1) is 18.8 Å². The van der Waals surface area contributed by atoms with Gasteiger partial charge in [-0.15, -0.1) is 0 Å². The maximum atomic E-state index is 12.4. The quantitative estimate of drug-likeness (QED) is 0.863. The highest BCUT2D eigenvalue weighted by molar-refractivity contribution is 5.76. The summed E-state index contributed by atoms with van der Waals surface area (Å²) < 4.78 is 11.2. The number of nitrogens with one attached hydrogen (secondary N) is 2. The molecule has 1 amide bonds. The highest BCUT2D eigenvalue weighted by Crippen LogP contribution is 2.34. The van der Waals surface area contributed by atoms with Crippen molar-refractivity contribution in [3.8, 4) is 11.5 Å². The number of ether oxygens (including phenoxy) is 2. The Labute approximate surface area is 153 Å². The Kier molecular flexibility index (Phi) is 4.82. The number of methoxy groups -OCH3 is 1. The molecule has 1 aliphatic heterocycles. The second kappa shape index (κ2) is 7.40. The Morgan fingerprint density at radius 3 is 3.15 bits per heavy atom. The average molecular weight is 355 g/mol. The first-order valence-electron chi connectivity index (χ1n) is 9.37. The molecule has 0 spiro atoms. The number of aryl methyl sites for hydroxylation is 2. The van der Waals surface area contributed by atoms with E-state index < -0.39 is 0 Å². The summed E-state index contributed by atoms with van der Waals surface area (Å²) >= 11 is 0. The number of carbonyl (C=O) groups excluding carboxylic acids is 1. The molecular weight excluding hydrogens is 330 g/mol. The predicted molar refractivity (Wildman–Crippen MR) is 97.7 cm³/mol. The normalized spacial score (nSPS) is 18.4. The van der Waals surface area contributed by atoms with Crippen LogP contribution in [0.2, 0.25) is 0 Å². The number of hydrogen-bond acceptors (Lipinski definition) is 4. The second-order valence-corrected chi connectivity index (χ2v) is 7.06. The Bertz CT molecular complexity index is 800. The van der Waals surface area contributed by atoms with Gasteiger partial charge < -0.3 is 14.8 Å². The van der Waals surface area contributed by atoms with Gasteiger partial charge in [0, 0.05) is 24.1 Å². The van der Waals surface area contributed by atoms with Gasteiger partial charge in [0.2, 0.25) is 5.91 Å². The van der Waals surface area contributed by atoms with Crippen LogP contribution in [0.15, 0.2) is 18.2 Å². The van der Waals surface area contributed by atoms with Crippen LogP contribution in [0.5, 0.6) is 11.5 Å². The number of aromatic nitrogens is 2. The molecule has 1 aromatic heterocycles. The summed E-state index contributed by atoms with van der Waals surface area (Å²) in [6, 6.07) is 5.86. The zero-order valence-electron chi connectivity index (χ0n) is 15.1. The topological polar surface area (TPSA) is 76.2 Å². The van der Waals surface area contributed by atoms with E-state index in [9.17, 15) is 4.79 Å². The highest BCUT2D eigenvalue weighted by atomic mass is 16.5. The number of aromatic amines is 1. The molecule has 26 heavy (non-hydrogen) atoms. The first-order chi connectivity index (χ1) is 12.7. The molecule has 2 aromatic rings. The number of rotatable bonds is 5. The van der Waals surface area contributed by atoms with Crippen LogP contribution in [0.4, 0.5) is 0 Å². The summed E-state index contributed by atoms with van der Waals surface area (Å²) in [5.74, 6) is 1.59. The van der Waals surface area contributed by atoms with Crippen molar-refractivity contribution < 1.29 is 14.3 Å². The maximum Gasteiger partial charge on any atom is 0.220 e. The summed E-state index contributed by atoms with van der Waals surface area (Å²) in [7, 11) is 1.64. The minimum absolute atomic E-state index is 0.00444. The molecule has 6 nitrogen and oxygen atoms in total. The van der Waals surface area contributed by atoms with E-state index in [4.69, 9.17) is 9.47 Å². The number of benzene rings is 1. The van der Waals surface area contributed by atoms with Crippen LogP contribution in [-0.4, -0.2) is 35.9 Å². The molecule has 6 heteroatoms. The number of H-pyrrole nitrogens is 1. The van der Waals surface area contributed by atoms with E-state index in [1.54, 1.807) is 7.11 Å². The largest absolute Gasteiger partial charge is 0.493 e. The Hall–Kier alpha value is -2.50. The molecule has 0 radical (unpaired) electrons. The lowest BCUT2D eigenvalue weighted by Crippen LogP contribution is -2.42. The third-order valence-electron chi connectivity index (χ3n) is 5.27. The SMILES string of the molecule is COc1cccc2c1OC[C@@H](NC(=O)CCc1n[nH]c3c1CCCC3)C2. The first kappa shape index (κ1) is 16.9. The number of carbonyl (C=O) groups is 1. The van der Waals surface area contributed by atoms with Gasteiger partial charge in [-0.3, -0.25) is 9.89 Å². The van der Waals surface area contributed by atoms with Crippen molar-refractivity contribution >= 4 is 5.91 Å². The fraction of sp³-hybridized carbons (Fsp3) is 0.500. The predicted octanol–water partition coefficient (Wildman–Crippen LogP) is 2.35. The van der Waals surface area contributed by atoms with Gasteiger partial charge in [0.25, 0.3) is 0 Å². The van der Waals surface area contributed by atoms with Crippen LogP contribution in [0.1, 0.15) is 41.8 Å². The lowest BCUT2D eigenvalue weighted by molar-refractivity contribution is -0.122. The fourth-order valence-corrected chi connectivity index (χ4v) is 3.94. The lowest BCUT2D eigenvalue weighted by Gasteiger charge is -2.27. The molecular formula is C20H25N3O3. The molecule has 0 bridgehead atoms. The average Bonchev–Trinajstić information content (AvgIpc) is 3.09. The van der Waals surface area contributed by atoms with Crippen LogP contribution in [0.25, 0.3) is 0 Å². The zero-order chi connectivity index (χ0) is 17.9. The Morgan fingerprint density at radius 1 is 1.38 bits per heavy atom. The van der Waals surface area contributed by atoms with Crippen molar-refractivity contribution in [1.29, 1.82) is 0 Å². The van der Waals surface area contributed by atoms with E-state index in [-0.39, 0.29) is 11.9 Å². The first-order valence-corrected chi connectivity index (χ1v) is 9.37. The summed E-state index contributed by atoms with van der Waals surface area (Å²) in [5, 5.41) is 10.7. The van der Waals surface area contributed by atoms with Crippen molar-refractivity contribution in [2.75, 3.05) is 13.7 Å². The van der Waals surface area contributed by atoms with Gasteiger partial charge >= 0.3 is 0 Å². The third kappa shape index (κ3) is 3.41. The minimum Gasteiger partial charge on any atom is -0.493 e. The van der Waals surface area contributed by atoms with Gasteiger partial charge in [0.15, 0.2) is 11.5 Å².